The highest BCUT2D eigenvalue weighted by molar-refractivity contribution is 5.23. The average molecular weight is 437 g/mol. The monoisotopic (exact) mass is 436 g/mol. The van der Waals surface area contributed by atoms with Gasteiger partial charge in [-0.3, -0.25) is 0 Å². The molecule has 2 unspecified atom stereocenters. The van der Waals surface area contributed by atoms with E-state index in [1.165, 1.54) is 11.1 Å². The second-order valence-corrected chi connectivity index (χ2v) is 13.7. The van der Waals surface area contributed by atoms with Gasteiger partial charge in [-0.2, -0.15) is 0 Å². The number of methoxy groups -OCH3 is 1. The lowest BCUT2D eigenvalue weighted by Gasteiger charge is -2.72. The lowest BCUT2D eigenvalue weighted by molar-refractivity contribution is -0.217. The van der Waals surface area contributed by atoms with Crippen molar-refractivity contribution >= 4 is 0 Å². The van der Waals surface area contributed by atoms with Crippen molar-refractivity contribution in [2.45, 2.75) is 97.8 Å². The van der Waals surface area contributed by atoms with Crippen LogP contribution in [0.4, 0.5) is 0 Å². The van der Waals surface area contributed by atoms with E-state index in [9.17, 15) is 0 Å². The van der Waals surface area contributed by atoms with Gasteiger partial charge in [0.25, 0.3) is 0 Å². The molecule has 8 aliphatic carbocycles. The second kappa shape index (κ2) is 8.44. The smallest absolute Gasteiger partial charge is 0.0351 e. The van der Waals surface area contributed by atoms with Crippen molar-refractivity contribution in [1.82, 2.24) is 0 Å². The minimum atomic E-state index is 0.757. The van der Waals surface area contributed by atoms with Crippen molar-refractivity contribution in [3.05, 3.63) is 35.4 Å². The maximum absolute atomic E-state index is 4.25. The van der Waals surface area contributed by atoms with E-state index in [1.54, 1.807) is 91.3 Å². The van der Waals surface area contributed by atoms with Gasteiger partial charge in [-0.25, -0.2) is 0 Å². The molecule has 0 radical (unpaired) electrons. The Morgan fingerprint density at radius 2 is 1.00 bits per heavy atom. The Hall–Kier alpha value is -0.820. The first kappa shape index (κ1) is 22.9. The molecule has 8 bridgehead atoms. The molecule has 0 aromatic heterocycles. The van der Waals surface area contributed by atoms with Crippen LogP contribution in [0.5, 0.6) is 0 Å². The number of aryl methyl sites for hydroxylation is 2. The molecule has 0 saturated heterocycles. The molecule has 2 atom stereocenters. The van der Waals surface area contributed by atoms with Gasteiger partial charge in [-0.05, 0) is 148 Å². The first-order valence-electron chi connectivity index (χ1n) is 13.7. The SMILES string of the molecule is CC12CC3CC(C1)CC(C14CC5CC(CC(C5)C1)C4)(C3)C2.COC.Cc1ccccc1C. The molecule has 0 heterocycles. The summed E-state index contributed by atoms with van der Waals surface area (Å²) in [7, 11) is 3.25. The largest absolute Gasteiger partial charge is 0.388 e. The first-order valence-corrected chi connectivity index (χ1v) is 13.7. The Labute approximate surface area is 198 Å². The van der Waals surface area contributed by atoms with Gasteiger partial charge >= 0.3 is 0 Å². The van der Waals surface area contributed by atoms with Crippen molar-refractivity contribution < 1.29 is 4.74 Å². The zero-order valence-electron chi connectivity index (χ0n) is 21.6. The number of benzene rings is 1. The third kappa shape index (κ3) is 3.99. The summed E-state index contributed by atoms with van der Waals surface area (Å²) in [6.07, 6.45) is 19.6. The van der Waals surface area contributed by atoms with Gasteiger partial charge < -0.3 is 4.74 Å². The molecule has 178 valence electrons. The fraction of sp³-hybridized carbons (Fsp3) is 0.806. The highest BCUT2D eigenvalue weighted by Gasteiger charge is 2.66. The number of ether oxygens (including phenoxy) is 1. The summed E-state index contributed by atoms with van der Waals surface area (Å²) in [5.41, 5.74) is 5.15. The van der Waals surface area contributed by atoms with Crippen LogP contribution in [0.15, 0.2) is 24.3 Å². The molecule has 8 fully saturated rings. The quantitative estimate of drug-likeness (QED) is 0.429. The van der Waals surface area contributed by atoms with Crippen LogP contribution in [-0.2, 0) is 4.74 Å². The molecule has 32 heavy (non-hydrogen) atoms. The predicted octanol–water partition coefficient (Wildman–Crippen LogP) is 8.38. The van der Waals surface area contributed by atoms with Gasteiger partial charge in [0, 0.05) is 14.2 Å². The van der Waals surface area contributed by atoms with E-state index in [-0.39, 0.29) is 0 Å². The molecule has 8 saturated carbocycles. The van der Waals surface area contributed by atoms with Crippen LogP contribution in [-0.4, -0.2) is 14.2 Å². The summed E-state index contributed by atoms with van der Waals surface area (Å²) >= 11 is 0. The van der Waals surface area contributed by atoms with E-state index in [2.05, 4.69) is 49.8 Å². The number of hydrogen-bond donors (Lipinski definition) is 0. The Morgan fingerprint density at radius 3 is 1.38 bits per heavy atom. The standard InChI is InChI=1S/C21H32.C8H10.C2H6O/c1-19-6-17-5-18(7-19)12-21(11-17,13-19)20-8-14-2-15(9-20)4-16(3-14)10-20;1-7-5-3-4-6-8(7)2;1-3-2/h14-18H,2-13H2,1H3;3-6H,1-2H3;1-2H3. The lowest BCUT2D eigenvalue weighted by atomic mass is 9.33. The van der Waals surface area contributed by atoms with Gasteiger partial charge in [0.15, 0.2) is 0 Å². The molecular weight excluding hydrogens is 388 g/mol. The van der Waals surface area contributed by atoms with E-state index in [4.69, 9.17) is 0 Å². The maximum Gasteiger partial charge on any atom is 0.0351 e. The van der Waals surface area contributed by atoms with E-state index in [0.29, 0.717) is 0 Å². The summed E-state index contributed by atoms with van der Waals surface area (Å²) in [6, 6.07) is 8.36. The maximum atomic E-state index is 4.25. The zero-order valence-corrected chi connectivity index (χ0v) is 21.6. The third-order valence-corrected chi connectivity index (χ3v) is 10.9. The Balaban J connectivity index is 0.000000166. The molecule has 1 aromatic rings. The van der Waals surface area contributed by atoms with Crippen molar-refractivity contribution in [3.63, 3.8) is 0 Å². The van der Waals surface area contributed by atoms with Crippen LogP contribution in [0.1, 0.15) is 95.1 Å². The zero-order chi connectivity index (χ0) is 22.6. The normalized spacial score (nSPS) is 46.8. The summed E-state index contributed by atoms with van der Waals surface area (Å²) in [5.74, 6) is 5.71. The van der Waals surface area contributed by atoms with E-state index < -0.39 is 0 Å². The first-order chi connectivity index (χ1) is 15.3. The Kier molecular flexibility index (Phi) is 6.05. The summed E-state index contributed by atoms with van der Waals surface area (Å²) in [5, 5.41) is 0. The third-order valence-electron chi connectivity index (χ3n) is 10.9. The summed E-state index contributed by atoms with van der Waals surface area (Å²) < 4.78 is 4.25. The highest BCUT2D eigenvalue weighted by atomic mass is 16.4. The Morgan fingerprint density at radius 1 is 0.625 bits per heavy atom. The topological polar surface area (TPSA) is 9.23 Å². The van der Waals surface area contributed by atoms with Crippen LogP contribution in [0.2, 0.25) is 0 Å². The minimum Gasteiger partial charge on any atom is -0.388 e. The van der Waals surface area contributed by atoms with E-state index in [0.717, 1.165) is 45.8 Å². The van der Waals surface area contributed by atoms with Crippen LogP contribution >= 0.6 is 0 Å². The number of rotatable bonds is 1. The molecule has 8 aliphatic rings. The van der Waals surface area contributed by atoms with Gasteiger partial charge in [0.2, 0.25) is 0 Å². The van der Waals surface area contributed by atoms with Crippen LogP contribution in [0.3, 0.4) is 0 Å². The molecule has 9 rings (SSSR count). The van der Waals surface area contributed by atoms with E-state index in [1.807, 2.05) is 0 Å². The van der Waals surface area contributed by atoms with Crippen molar-refractivity contribution in [2.24, 2.45) is 45.8 Å². The molecule has 0 spiro atoms. The molecular formula is C31H48O. The fourth-order valence-electron chi connectivity index (χ4n) is 10.8. The summed E-state index contributed by atoms with van der Waals surface area (Å²) in [6.45, 7) is 6.92. The fourth-order valence-corrected chi connectivity index (χ4v) is 10.8. The Bertz CT molecular complexity index is 736. The van der Waals surface area contributed by atoms with Gasteiger partial charge in [0.1, 0.15) is 0 Å². The van der Waals surface area contributed by atoms with Crippen molar-refractivity contribution in [3.8, 4) is 0 Å². The van der Waals surface area contributed by atoms with E-state index >= 15 is 0 Å². The average Bonchev–Trinajstić information content (AvgIpc) is 2.68. The highest BCUT2D eigenvalue weighted by Crippen LogP contribution is 2.76. The molecule has 1 aromatic carbocycles. The molecule has 1 heteroatoms. The summed E-state index contributed by atoms with van der Waals surface area (Å²) in [4.78, 5) is 0. The van der Waals surface area contributed by atoms with Crippen LogP contribution < -0.4 is 0 Å². The molecule has 1 nitrogen and oxygen atoms in total. The van der Waals surface area contributed by atoms with Crippen LogP contribution in [0, 0.1) is 59.7 Å². The van der Waals surface area contributed by atoms with Gasteiger partial charge in [-0.15, -0.1) is 0 Å². The second-order valence-electron chi connectivity index (χ2n) is 13.7. The van der Waals surface area contributed by atoms with Crippen molar-refractivity contribution in [1.29, 1.82) is 0 Å². The number of hydrogen-bond acceptors (Lipinski definition) is 1. The lowest BCUT2D eigenvalue weighted by Crippen LogP contribution is -2.62. The molecule has 0 amide bonds. The van der Waals surface area contributed by atoms with Crippen molar-refractivity contribution in [2.75, 3.05) is 14.2 Å². The molecule has 0 aliphatic heterocycles. The van der Waals surface area contributed by atoms with Gasteiger partial charge in [-0.1, -0.05) is 31.2 Å². The minimum absolute atomic E-state index is 0.757. The predicted molar refractivity (Wildman–Crippen MR) is 135 cm³/mol. The van der Waals surface area contributed by atoms with Gasteiger partial charge in [0.05, 0.1) is 0 Å². The van der Waals surface area contributed by atoms with Crippen LogP contribution in [0.25, 0.3) is 0 Å². The molecule has 0 N–H and O–H groups in total.